The lowest BCUT2D eigenvalue weighted by Gasteiger charge is -2.33. The third-order valence-corrected chi connectivity index (χ3v) is 4.72. The molecule has 0 atom stereocenters. The van der Waals surface area contributed by atoms with Crippen molar-refractivity contribution in [1.29, 1.82) is 0 Å². The molecule has 2 fully saturated rings. The summed E-state index contributed by atoms with van der Waals surface area (Å²) in [5, 5.41) is 0. The van der Waals surface area contributed by atoms with Crippen LogP contribution in [0.25, 0.3) is 0 Å². The van der Waals surface area contributed by atoms with Crippen molar-refractivity contribution in [3.8, 4) is 0 Å². The Kier molecular flexibility index (Phi) is 7.00. The predicted molar refractivity (Wildman–Crippen MR) is 85.6 cm³/mol. The van der Waals surface area contributed by atoms with E-state index >= 15 is 0 Å². The highest BCUT2D eigenvalue weighted by Crippen LogP contribution is 2.21. The molecule has 5 heteroatoms. The molecule has 0 saturated carbocycles. The quantitative estimate of drug-likeness (QED) is 0.559. The van der Waals surface area contributed by atoms with Crippen LogP contribution in [0, 0.1) is 5.92 Å². The summed E-state index contributed by atoms with van der Waals surface area (Å²) >= 11 is 0. The van der Waals surface area contributed by atoms with E-state index in [4.69, 9.17) is 4.74 Å². The molecule has 0 aromatic carbocycles. The zero-order valence-electron chi connectivity index (χ0n) is 13.9. The lowest BCUT2D eigenvalue weighted by molar-refractivity contribution is -0.150. The molecule has 22 heavy (non-hydrogen) atoms. The number of urea groups is 1. The van der Waals surface area contributed by atoms with Gasteiger partial charge >= 0.3 is 12.0 Å². The fourth-order valence-corrected chi connectivity index (χ4v) is 3.23. The second kappa shape index (κ2) is 9.01. The van der Waals surface area contributed by atoms with Crippen molar-refractivity contribution in [2.45, 2.75) is 58.3 Å². The molecule has 2 heterocycles. The number of amides is 2. The summed E-state index contributed by atoms with van der Waals surface area (Å²) in [6, 6.07) is 0.156. The average Bonchev–Trinajstić information content (AvgIpc) is 3.08. The number of esters is 1. The number of rotatable bonds is 6. The number of carbonyl (C=O) groups excluding carboxylic acids is 2. The molecular formula is C17H30N2O3. The molecule has 2 rings (SSSR count). The number of hydrogen-bond donors (Lipinski definition) is 0. The van der Waals surface area contributed by atoms with Gasteiger partial charge in [0.05, 0.1) is 12.5 Å². The van der Waals surface area contributed by atoms with E-state index in [0.717, 1.165) is 51.6 Å². The van der Waals surface area contributed by atoms with Gasteiger partial charge in [0, 0.05) is 26.2 Å². The molecule has 0 spiro atoms. The minimum Gasteiger partial charge on any atom is -0.465 e. The Bertz CT molecular complexity index is 359. The fourth-order valence-electron chi connectivity index (χ4n) is 3.23. The SMILES string of the molecule is CCCCCCOC(=O)C1CCN(C(=O)N2CCCC2)CC1. The normalized spacial score (nSPS) is 19.5. The van der Waals surface area contributed by atoms with Crippen molar-refractivity contribution in [1.82, 2.24) is 9.80 Å². The maximum absolute atomic E-state index is 12.3. The van der Waals surface area contributed by atoms with Crippen LogP contribution in [-0.4, -0.2) is 54.6 Å². The smallest absolute Gasteiger partial charge is 0.319 e. The highest BCUT2D eigenvalue weighted by molar-refractivity contribution is 5.76. The number of likely N-dealkylation sites (tertiary alicyclic amines) is 2. The van der Waals surface area contributed by atoms with Crippen molar-refractivity contribution in [3.05, 3.63) is 0 Å². The molecule has 126 valence electrons. The van der Waals surface area contributed by atoms with Crippen LogP contribution in [0.4, 0.5) is 4.79 Å². The zero-order valence-corrected chi connectivity index (χ0v) is 13.9. The van der Waals surface area contributed by atoms with E-state index in [2.05, 4.69) is 6.92 Å². The number of hydrogen-bond acceptors (Lipinski definition) is 3. The summed E-state index contributed by atoms with van der Waals surface area (Å²) in [5.74, 6) is -0.0847. The first kappa shape index (κ1) is 17.1. The largest absolute Gasteiger partial charge is 0.465 e. The molecule has 0 aliphatic carbocycles. The van der Waals surface area contributed by atoms with E-state index < -0.39 is 0 Å². The van der Waals surface area contributed by atoms with E-state index in [0.29, 0.717) is 19.7 Å². The van der Waals surface area contributed by atoms with Crippen LogP contribution < -0.4 is 0 Å². The summed E-state index contributed by atoms with van der Waals surface area (Å²) < 4.78 is 5.37. The van der Waals surface area contributed by atoms with Gasteiger partial charge in [0.2, 0.25) is 0 Å². The van der Waals surface area contributed by atoms with Crippen molar-refractivity contribution in [2.75, 3.05) is 32.8 Å². The topological polar surface area (TPSA) is 49.9 Å². The standard InChI is InChI=1S/C17H30N2O3/c1-2-3-4-7-14-22-16(20)15-8-12-19(13-9-15)17(21)18-10-5-6-11-18/h15H,2-14H2,1H3. The lowest BCUT2D eigenvalue weighted by Crippen LogP contribution is -2.46. The molecule has 0 N–H and O–H groups in total. The first-order valence-electron chi connectivity index (χ1n) is 8.93. The number of piperidine rings is 1. The number of unbranched alkanes of at least 4 members (excludes halogenated alkanes) is 3. The van der Waals surface area contributed by atoms with Gasteiger partial charge in [-0.2, -0.15) is 0 Å². The summed E-state index contributed by atoms with van der Waals surface area (Å²) in [6.45, 7) is 5.86. The summed E-state index contributed by atoms with van der Waals surface area (Å²) in [4.78, 5) is 28.1. The molecule has 0 aromatic heterocycles. The maximum Gasteiger partial charge on any atom is 0.319 e. The molecule has 2 amide bonds. The van der Waals surface area contributed by atoms with Gasteiger partial charge in [-0.05, 0) is 32.1 Å². The monoisotopic (exact) mass is 310 g/mol. The van der Waals surface area contributed by atoms with E-state index in [1.165, 1.54) is 12.8 Å². The molecule has 2 aliphatic rings. The van der Waals surface area contributed by atoms with Crippen LogP contribution in [0.5, 0.6) is 0 Å². The summed E-state index contributed by atoms with van der Waals surface area (Å²) in [5.41, 5.74) is 0. The van der Waals surface area contributed by atoms with Crippen LogP contribution in [0.3, 0.4) is 0 Å². The van der Waals surface area contributed by atoms with Crippen molar-refractivity contribution >= 4 is 12.0 Å². The molecule has 0 unspecified atom stereocenters. The highest BCUT2D eigenvalue weighted by Gasteiger charge is 2.31. The minimum absolute atomic E-state index is 0.0196. The third-order valence-electron chi connectivity index (χ3n) is 4.72. The molecule has 0 bridgehead atoms. The Morgan fingerprint density at radius 2 is 1.59 bits per heavy atom. The van der Waals surface area contributed by atoms with Gasteiger partial charge in [0.15, 0.2) is 0 Å². The Morgan fingerprint density at radius 3 is 2.23 bits per heavy atom. The van der Waals surface area contributed by atoms with E-state index in [1.807, 2.05) is 9.80 Å². The first-order chi connectivity index (χ1) is 10.7. The van der Waals surface area contributed by atoms with Gasteiger partial charge in [-0.15, -0.1) is 0 Å². The van der Waals surface area contributed by atoms with Crippen LogP contribution in [-0.2, 0) is 9.53 Å². The first-order valence-corrected chi connectivity index (χ1v) is 8.93. The summed E-state index contributed by atoms with van der Waals surface area (Å²) in [6.07, 6.45) is 8.21. The molecule has 2 aliphatic heterocycles. The Balaban J connectivity index is 1.63. The van der Waals surface area contributed by atoms with Crippen LogP contribution in [0.15, 0.2) is 0 Å². The van der Waals surface area contributed by atoms with Crippen molar-refractivity contribution in [3.63, 3.8) is 0 Å². The molecular weight excluding hydrogens is 280 g/mol. The van der Waals surface area contributed by atoms with E-state index in [-0.39, 0.29) is 17.9 Å². The van der Waals surface area contributed by atoms with Gasteiger partial charge < -0.3 is 14.5 Å². The average molecular weight is 310 g/mol. The second-order valence-corrected chi connectivity index (χ2v) is 6.47. The number of ether oxygens (including phenoxy) is 1. The highest BCUT2D eigenvalue weighted by atomic mass is 16.5. The predicted octanol–water partition coefficient (Wildman–Crippen LogP) is 3.04. The maximum atomic E-state index is 12.3. The Labute approximate surface area is 134 Å². The van der Waals surface area contributed by atoms with Crippen molar-refractivity contribution < 1.29 is 14.3 Å². The van der Waals surface area contributed by atoms with Crippen LogP contribution >= 0.6 is 0 Å². The lowest BCUT2D eigenvalue weighted by atomic mass is 9.97. The minimum atomic E-state index is -0.0650. The third kappa shape index (κ3) is 4.89. The molecule has 2 saturated heterocycles. The van der Waals surface area contributed by atoms with E-state index in [9.17, 15) is 9.59 Å². The van der Waals surface area contributed by atoms with Crippen LogP contribution in [0.2, 0.25) is 0 Å². The van der Waals surface area contributed by atoms with Gasteiger partial charge in [0.1, 0.15) is 0 Å². The second-order valence-electron chi connectivity index (χ2n) is 6.47. The molecule has 5 nitrogen and oxygen atoms in total. The van der Waals surface area contributed by atoms with Gasteiger partial charge in [-0.25, -0.2) is 4.79 Å². The zero-order chi connectivity index (χ0) is 15.8. The molecule has 0 aromatic rings. The number of carbonyl (C=O) groups is 2. The van der Waals surface area contributed by atoms with Gasteiger partial charge in [-0.1, -0.05) is 26.2 Å². The van der Waals surface area contributed by atoms with Crippen LogP contribution in [0.1, 0.15) is 58.3 Å². The number of nitrogens with zero attached hydrogens (tertiary/aromatic N) is 2. The Morgan fingerprint density at radius 1 is 0.955 bits per heavy atom. The van der Waals surface area contributed by atoms with Gasteiger partial charge in [0.25, 0.3) is 0 Å². The summed E-state index contributed by atoms with van der Waals surface area (Å²) in [7, 11) is 0. The van der Waals surface area contributed by atoms with Gasteiger partial charge in [-0.3, -0.25) is 4.79 Å². The van der Waals surface area contributed by atoms with Crippen molar-refractivity contribution in [2.24, 2.45) is 5.92 Å². The Hall–Kier alpha value is -1.26. The fraction of sp³-hybridized carbons (Fsp3) is 0.882. The molecule has 0 radical (unpaired) electrons. The van der Waals surface area contributed by atoms with E-state index in [1.54, 1.807) is 0 Å².